The first-order chi connectivity index (χ1) is 7.26. The number of aromatic nitrogens is 3. The lowest BCUT2D eigenvalue weighted by Gasteiger charge is -2.18. The summed E-state index contributed by atoms with van der Waals surface area (Å²) in [5.41, 5.74) is 1.04. The molecule has 0 saturated carbocycles. The minimum Gasteiger partial charge on any atom is -0.316 e. The van der Waals surface area contributed by atoms with E-state index in [9.17, 15) is 0 Å². The summed E-state index contributed by atoms with van der Waals surface area (Å²) in [7, 11) is 1.89. The molecule has 86 valence electrons. The van der Waals surface area contributed by atoms with Gasteiger partial charge in [-0.05, 0) is 13.1 Å². The second kappa shape index (κ2) is 6.53. The van der Waals surface area contributed by atoms with Crippen molar-refractivity contribution >= 4 is 0 Å². The van der Waals surface area contributed by atoms with Crippen LogP contribution in [0.1, 0.15) is 19.5 Å². The molecule has 15 heavy (non-hydrogen) atoms. The lowest BCUT2D eigenvalue weighted by Crippen LogP contribution is -2.31. The first-order valence-electron chi connectivity index (χ1n) is 5.54. The van der Waals surface area contributed by atoms with Crippen LogP contribution in [0.4, 0.5) is 0 Å². The van der Waals surface area contributed by atoms with Crippen molar-refractivity contribution in [1.29, 1.82) is 0 Å². The minimum absolute atomic E-state index is 0.885. The molecular weight excluding hydrogens is 190 g/mol. The Bertz CT molecular complexity index is 271. The molecule has 0 aliphatic rings. The fourth-order valence-corrected chi connectivity index (χ4v) is 1.46. The smallest absolute Gasteiger partial charge is 0.0967 e. The van der Waals surface area contributed by atoms with Crippen LogP contribution in [0.25, 0.3) is 0 Å². The highest BCUT2D eigenvalue weighted by atomic mass is 15.4. The maximum atomic E-state index is 4.08. The predicted molar refractivity (Wildman–Crippen MR) is 60.5 cm³/mol. The van der Waals surface area contributed by atoms with Gasteiger partial charge in [-0.2, -0.15) is 0 Å². The Labute approximate surface area is 91.5 Å². The van der Waals surface area contributed by atoms with Gasteiger partial charge in [-0.15, -0.1) is 5.10 Å². The van der Waals surface area contributed by atoms with Crippen LogP contribution in [-0.2, 0) is 13.6 Å². The van der Waals surface area contributed by atoms with Crippen LogP contribution in [0.3, 0.4) is 0 Å². The number of nitrogens with zero attached hydrogens (tertiary/aromatic N) is 4. The van der Waals surface area contributed by atoms with Gasteiger partial charge in [-0.25, -0.2) is 0 Å². The van der Waals surface area contributed by atoms with Crippen molar-refractivity contribution in [3.8, 4) is 0 Å². The summed E-state index contributed by atoms with van der Waals surface area (Å²) in [5.74, 6) is 0. The SMILES string of the molecule is CCNCCN(CC)Cc1cn(C)nn1. The van der Waals surface area contributed by atoms with E-state index < -0.39 is 0 Å². The summed E-state index contributed by atoms with van der Waals surface area (Å²) in [5, 5.41) is 11.3. The Hall–Kier alpha value is -0.940. The molecule has 0 aliphatic heterocycles. The van der Waals surface area contributed by atoms with E-state index in [1.165, 1.54) is 0 Å². The molecule has 0 bridgehead atoms. The van der Waals surface area contributed by atoms with Crippen LogP contribution < -0.4 is 5.32 Å². The van der Waals surface area contributed by atoms with Gasteiger partial charge in [0.1, 0.15) is 0 Å². The molecular formula is C10H21N5. The molecule has 0 saturated heterocycles. The summed E-state index contributed by atoms with van der Waals surface area (Å²) in [6, 6.07) is 0. The fourth-order valence-electron chi connectivity index (χ4n) is 1.46. The standard InChI is InChI=1S/C10H21N5/c1-4-11-6-7-15(5-2)9-10-8-14(3)13-12-10/h8,11H,4-7,9H2,1-3H3. The van der Waals surface area contributed by atoms with Crippen molar-refractivity contribution in [3.63, 3.8) is 0 Å². The summed E-state index contributed by atoms with van der Waals surface area (Å²) >= 11 is 0. The monoisotopic (exact) mass is 211 g/mol. The van der Waals surface area contributed by atoms with Gasteiger partial charge in [0.25, 0.3) is 0 Å². The van der Waals surface area contributed by atoms with Crippen molar-refractivity contribution in [2.24, 2.45) is 7.05 Å². The molecule has 0 fully saturated rings. The molecule has 1 aromatic rings. The largest absolute Gasteiger partial charge is 0.316 e. The van der Waals surface area contributed by atoms with Gasteiger partial charge in [0, 0.05) is 32.9 Å². The van der Waals surface area contributed by atoms with Gasteiger partial charge in [0.05, 0.1) is 5.69 Å². The molecule has 0 atom stereocenters. The highest BCUT2D eigenvalue weighted by molar-refractivity contribution is 4.91. The van der Waals surface area contributed by atoms with Gasteiger partial charge in [-0.1, -0.05) is 19.1 Å². The number of aryl methyl sites for hydroxylation is 1. The van der Waals surface area contributed by atoms with Crippen LogP contribution in [-0.4, -0.2) is 46.1 Å². The molecule has 0 aliphatic carbocycles. The molecule has 0 aromatic carbocycles. The van der Waals surface area contributed by atoms with E-state index in [4.69, 9.17) is 0 Å². The van der Waals surface area contributed by atoms with E-state index in [1.807, 2.05) is 13.2 Å². The Morgan fingerprint density at radius 3 is 2.80 bits per heavy atom. The number of rotatable bonds is 7. The summed E-state index contributed by atoms with van der Waals surface area (Å²) in [4.78, 5) is 2.35. The van der Waals surface area contributed by atoms with Crippen LogP contribution in [0.15, 0.2) is 6.20 Å². The summed E-state index contributed by atoms with van der Waals surface area (Å²) < 4.78 is 1.74. The second-order valence-electron chi connectivity index (χ2n) is 3.61. The zero-order chi connectivity index (χ0) is 11.1. The van der Waals surface area contributed by atoms with Gasteiger partial charge < -0.3 is 5.32 Å². The first kappa shape index (κ1) is 12.1. The van der Waals surface area contributed by atoms with Crippen LogP contribution in [0.2, 0.25) is 0 Å². The van der Waals surface area contributed by atoms with E-state index in [1.54, 1.807) is 4.68 Å². The molecule has 5 nitrogen and oxygen atoms in total. The van der Waals surface area contributed by atoms with E-state index in [-0.39, 0.29) is 0 Å². The lowest BCUT2D eigenvalue weighted by molar-refractivity contribution is 0.276. The third-order valence-corrected chi connectivity index (χ3v) is 2.34. The Balaban J connectivity index is 2.33. The summed E-state index contributed by atoms with van der Waals surface area (Å²) in [6.07, 6.45) is 1.97. The average Bonchev–Trinajstić information content (AvgIpc) is 2.63. The molecule has 0 amide bonds. The van der Waals surface area contributed by atoms with Crippen LogP contribution >= 0.6 is 0 Å². The van der Waals surface area contributed by atoms with Gasteiger partial charge in [0.2, 0.25) is 0 Å². The maximum Gasteiger partial charge on any atom is 0.0967 e. The summed E-state index contributed by atoms with van der Waals surface area (Å²) in [6.45, 7) is 9.34. The number of hydrogen-bond donors (Lipinski definition) is 1. The normalized spacial score (nSPS) is 11.2. The van der Waals surface area contributed by atoms with Crippen LogP contribution in [0, 0.1) is 0 Å². The third-order valence-electron chi connectivity index (χ3n) is 2.34. The lowest BCUT2D eigenvalue weighted by atomic mass is 10.4. The molecule has 1 rings (SSSR count). The van der Waals surface area contributed by atoms with Crippen molar-refractivity contribution in [3.05, 3.63) is 11.9 Å². The van der Waals surface area contributed by atoms with Crippen molar-refractivity contribution in [2.45, 2.75) is 20.4 Å². The number of nitrogens with one attached hydrogen (secondary N) is 1. The average molecular weight is 211 g/mol. The number of hydrogen-bond acceptors (Lipinski definition) is 4. The van der Waals surface area contributed by atoms with Gasteiger partial charge >= 0.3 is 0 Å². The van der Waals surface area contributed by atoms with Crippen LogP contribution in [0.5, 0.6) is 0 Å². The first-order valence-corrected chi connectivity index (χ1v) is 5.54. The molecule has 1 heterocycles. The molecule has 0 radical (unpaired) electrons. The zero-order valence-corrected chi connectivity index (χ0v) is 9.90. The zero-order valence-electron chi connectivity index (χ0n) is 9.90. The second-order valence-corrected chi connectivity index (χ2v) is 3.61. The molecule has 5 heteroatoms. The van der Waals surface area contributed by atoms with Crippen molar-refractivity contribution in [2.75, 3.05) is 26.2 Å². The van der Waals surface area contributed by atoms with Gasteiger partial charge in [-0.3, -0.25) is 9.58 Å². The minimum atomic E-state index is 0.885. The van der Waals surface area contributed by atoms with E-state index in [0.29, 0.717) is 0 Å². The van der Waals surface area contributed by atoms with E-state index in [0.717, 1.165) is 38.4 Å². The molecule has 0 spiro atoms. The van der Waals surface area contributed by atoms with E-state index in [2.05, 4.69) is 34.4 Å². The third kappa shape index (κ3) is 4.40. The predicted octanol–water partition coefficient (Wildman–Crippen LogP) is 0.246. The Kier molecular flexibility index (Phi) is 5.28. The Morgan fingerprint density at radius 2 is 2.27 bits per heavy atom. The maximum absolute atomic E-state index is 4.08. The quantitative estimate of drug-likeness (QED) is 0.657. The highest BCUT2D eigenvalue weighted by Gasteiger charge is 2.05. The molecule has 0 unspecified atom stereocenters. The molecule has 1 N–H and O–H groups in total. The van der Waals surface area contributed by atoms with Crippen molar-refractivity contribution < 1.29 is 0 Å². The molecule has 1 aromatic heterocycles. The highest BCUT2D eigenvalue weighted by Crippen LogP contribution is 1.98. The fraction of sp³-hybridized carbons (Fsp3) is 0.800. The van der Waals surface area contributed by atoms with Gasteiger partial charge in [0.15, 0.2) is 0 Å². The van der Waals surface area contributed by atoms with Crippen molar-refractivity contribution in [1.82, 2.24) is 25.2 Å². The number of likely N-dealkylation sites (N-methyl/N-ethyl adjacent to an activating group) is 2. The Morgan fingerprint density at radius 1 is 1.47 bits per heavy atom. The topological polar surface area (TPSA) is 46.0 Å². The van der Waals surface area contributed by atoms with E-state index >= 15 is 0 Å².